The Hall–Kier alpha value is -2.83. The predicted molar refractivity (Wildman–Crippen MR) is 420 cm³/mol. The van der Waals surface area contributed by atoms with Crippen molar-refractivity contribution in [1.82, 2.24) is 5.32 Å². The van der Waals surface area contributed by atoms with Crippen LogP contribution in [0.25, 0.3) is 0 Å². The number of carbonyl (C=O) groups is 1. The number of carbonyl (C=O) groups excluding carboxylic acids is 1. The molecule has 14 nitrogen and oxygen atoms in total. The van der Waals surface area contributed by atoms with Crippen LogP contribution in [-0.2, 0) is 23.7 Å². The van der Waals surface area contributed by atoms with Crippen LogP contribution in [0.15, 0.2) is 85.1 Å². The first kappa shape index (κ1) is 94.3. The first-order chi connectivity index (χ1) is 49.6. The second-order valence-electron chi connectivity index (χ2n) is 29.6. The minimum atomic E-state index is -1.79. The highest BCUT2D eigenvalue weighted by atomic mass is 16.7. The quantitative estimate of drug-likeness (QED) is 0.0204. The molecule has 2 rings (SSSR count). The third kappa shape index (κ3) is 52.7. The molecule has 12 unspecified atom stereocenters. The molecule has 2 aliphatic heterocycles. The average molecular weight is 1430 g/mol. The monoisotopic (exact) mass is 1420 g/mol. The number of allylic oxidation sites excluding steroid dienone is 14. The van der Waals surface area contributed by atoms with E-state index in [4.69, 9.17) is 18.9 Å². The fraction of sp³-hybridized carbons (Fsp3) is 0.828. The van der Waals surface area contributed by atoms with Gasteiger partial charge in [0, 0.05) is 6.42 Å². The zero-order chi connectivity index (χ0) is 73.0. The third-order valence-electron chi connectivity index (χ3n) is 20.4. The van der Waals surface area contributed by atoms with E-state index >= 15 is 0 Å². The molecular weight excluding hydrogens is 1270 g/mol. The second-order valence-corrected chi connectivity index (χ2v) is 29.6. The highest BCUT2D eigenvalue weighted by Crippen LogP contribution is 2.30. The van der Waals surface area contributed by atoms with E-state index in [0.717, 1.165) is 96.3 Å². The molecule has 9 N–H and O–H groups in total. The molecule has 0 aliphatic carbocycles. The summed E-state index contributed by atoms with van der Waals surface area (Å²) in [5.74, 6) is -0.202. The SMILES string of the molecule is CC/C=C\C/C=C\C/C=C\C/C=C\C/C=C\C/C=C\C/C=C\CCCCCCCCCCCCCCCCCCCC(=O)NC(COC1OC(CO)C(OC2OC(CO)C(O)C(O)C2O)C(O)C1O)C(O)CCCCCCCCCCCCCCCCCCCCCCCCCCCCCC. The van der Waals surface area contributed by atoms with Gasteiger partial charge in [0.05, 0.1) is 32.0 Å². The molecule has 101 heavy (non-hydrogen) atoms. The van der Waals surface area contributed by atoms with E-state index in [9.17, 15) is 45.6 Å². The van der Waals surface area contributed by atoms with E-state index in [1.54, 1.807) is 0 Å². The minimum Gasteiger partial charge on any atom is -0.394 e. The van der Waals surface area contributed by atoms with Crippen molar-refractivity contribution >= 4 is 5.91 Å². The molecule has 14 heteroatoms. The Morgan fingerprint density at radius 2 is 0.683 bits per heavy atom. The molecule has 2 aliphatic rings. The van der Waals surface area contributed by atoms with Crippen molar-refractivity contribution in [2.24, 2.45) is 0 Å². The van der Waals surface area contributed by atoms with Crippen molar-refractivity contribution in [2.45, 2.75) is 441 Å². The second kappa shape index (κ2) is 70.2. The molecule has 0 saturated carbocycles. The summed E-state index contributed by atoms with van der Waals surface area (Å²) in [5.41, 5.74) is 0. The molecule has 0 radical (unpaired) electrons. The summed E-state index contributed by atoms with van der Waals surface area (Å²) in [5, 5.41) is 88.0. The normalized spacial score (nSPS) is 22.2. The Morgan fingerprint density at radius 3 is 1.05 bits per heavy atom. The van der Waals surface area contributed by atoms with Gasteiger partial charge in [0.25, 0.3) is 0 Å². The first-order valence-electron chi connectivity index (χ1n) is 42.3. The van der Waals surface area contributed by atoms with Crippen LogP contribution in [0.1, 0.15) is 367 Å². The van der Waals surface area contributed by atoms with E-state index in [1.807, 2.05) is 0 Å². The summed E-state index contributed by atoms with van der Waals surface area (Å²) in [6.07, 6.45) is 82.0. The Labute approximate surface area is 618 Å². The maximum Gasteiger partial charge on any atom is 0.220 e. The fourth-order valence-corrected chi connectivity index (χ4v) is 13.8. The maximum atomic E-state index is 13.4. The number of unbranched alkanes of at least 4 members (excludes halogenated alkanes) is 44. The number of hydrogen-bond donors (Lipinski definition) is 9. The van der Waals surface area contributed by atoms with Crippen molar-refractivity contribution < 1.29 is 64.6 Å². The fourth-order valence-electron chi connectivity index (χ4n) is 13.8. The summed E-state index contributed by atoms with van der Waals surface area (Å²) < 4.78 is 23.0. The van der Waals surface area contributed by atoms with Crippen LogP contribution in [0.3, 0.4) is 0 Å². The molecule has 0 aromatic rings. The molecule has 0 aromatic heterocycles. The Kier molecular flexibility index (Phi) is 65.5. The summed E-state index contributed by atoms with van der Waals surface area (Å²) in [6, 6.07) is -0.834. The lowest BCUT2D eigenvalue weighted by Crippen LogP contribution is -2.65. The topological polar surface area (TPSA) is 228 Å². The highest BCUT2D eigenvalue weighted by Gasteiger charge is 2.51. The van der Waals surface area contributed by atoms with Gasteiger partial charge >= 0.3 is 0 Å². The van der Waals surface area contributed by atoms with Gasteiger partial charge in [0.1, 0.15) is 48.8 Å². The van der Waals surface area contributed by atoms with Gasteiger partial charge in [0.15, 0.2) is 12.6 Å². The predicted octanol–water partition coefficient (Wildman–Crippen LogP) is 19.9. The standard InChI is InChI=1S/C87H157NO13/c1-3-5-7-9-11-13-15-17-19-21-23-25-27-29-31-33-34-35-36-37-38-39-40-41-42-43-45-47-49-51-53-55-57-59-61-63-65-67-69-71-79(92)88-75(74-98-86-84(97)82(95)85(78(73-90)100-86)101-87-83(96)81(94)80(93)77(72-89)99-87)76(91)70-68-66-64-62-60-58-56-54-52-50-48-46-44-32-30-28-26-24-22-20-18-16-14-12-10-8-6-4-2/h5,7,11,13,17,19,23,25,29,31,34-35,37-38,75-78,80-87,89-91,93-97H,3-4,6,8-10,12,14-16,18,20-22,24,26-28,30,32-33,36,39-74H2,1-2H3,(H,88,92)/b7-5-,13-11-,19-17-,25-23-,31-29-,35-34-,38-37-. The lowest BCUT2D eigenvalue weighted by atomic mass is 9.97. The lowest BCUT2D eigenvalue weighted by Gasteiger charge is -2.46. The van der Waals surface area contributed by atoms with Crippen LogP contribution in [0, 0.1) is 0 Å². The molecule has 0 spiro atoms. The number of amides is 1. The van der Waals surface area contributed by atoms with Gasteiger partial charge in [-0.05, 0) is 70.6 Å². The highest BCUT2D eigenvalue weighted by molar-refractivity contribution is 5.76. The zero-order valence-electron chi connectivity index (χ0n) is 64.6. The molecule has 1 amide bonds. The van der Waals surface area contributed by atoms with Gasteiger partial charge in [-0.1, -0.05) is 375 Å². The summed E-state index contributed by atoms with van der Waals surface area (Å²) in [6.45, 7) is 2.80. The maximum absolute atomic E-state index is 13.4. The first-order valence-corrected chi connectivity index (χ1v) is 42.3. The van der Waals surface area contributed by atoms with Crippen LogP contribution in [0.2, 0.25) is 0 Å². The summed E-state index contributed by atoms with van der Waals surface area (Å²) >= 11 is 0. The number of ether oxygens (including phenoxy) is 4. The van der Waals surface area contributed by atoms with Gasteiger partial charge in [0.2, 0.25) is 5.91 Å². The minimum absolute atomic E-state index is 0.202. The van der Waals surface area contributed by atoms with E-state index in [0.29, 0.717) is 12.8 Å². The molecule has 0 bridgehead atoms. The molecule has 2 fully saturated rings. The van der Waals surface area contributed by atoms with Crippen LogP contribution in [0.4, 0.5) is 0 Å². The molecule has 12 atom stereocenters. The van der Waals surface area contributed by atoms with E-state index in [-0.39, 0.29) is 12.5 Å². The van der Waals surface area contributed by atoms with Crippen LogP contribution in [0.5, 0.6) is 0 Å². The smallest absolute Gasteiger partial charge is 0.220 e. The van der Waals surface area contributed by atoms with Crippen molar-refractivity contribution in [2.75, 3.05) is 19.8 Å². The lowest BCUT2D eigenvalue weighted by molar-refractivity contribution is -0.359. The molecule has 0 aromatic carbocycles. The van der Waals surface area contributed by atoms with Gasteiger partial charge in [-0.3, -0.25) is 4.79 Å². The number of nitrogens with one attached hydrogen (secondary N) is 1. The Morgan fingerprint density at radius 1 is 0.366 bits per heavy atom. The Bertz CT molecular complexity index is 2020. The van der Waals surface area contributed by atoms with E-state index in [2.05, 4.69) is 104 Å². The van der Waals surface area contributed by atoms with Crippen molar-refractivity contribution in [3.63, 3.8) is 0 Å². The van der Waals surface area contributed by atoms with Crippen LogP contribution < -0.4 is 5.32 Å². The van der Waals surface area contributed by atoms with Crippen LogP contribution >= 0.6 is 0 Å². The van der Waals surface area contributed by atoms with Gasteiger partial charge in [-0.25, -0.2) is 0 Å². The van der Waals surface area contributed by atoms with E-state index < -0.39 is 86.8 Å². The van der Waals surface area contributed by atoms with Crippen molar-refractivity contribution in [3.8, 4) is 0 Å². The van der Waals surface area contributed by atoms with Gasteiger partial charge < -0.3 is 65.1 Å². The zero-order valence-corrected chi connectivity index (χ0v) is 64.6. The third-order valence-corrected chi connectivity index (χ3v) is 20.4. The average Bonchev–Trinajstić information content (AvgIpc) is 0.790. The molecule has 2 heterocycles. The van der Waals surface area contributed by atoms with Gasteiger partial charge in [-0.2, -0.15) is 0 Å². The number of hydrogen-bond acceptors (Lipinski definition) is 13. The van der Waals surface area contributed by atoms with Crippen molar-refractivity contribution in [3.05, 3.63) is 85.1 Å². The number of aliphatic hydroxyl groups excluding tert-OH is 8. The molecular formula is C87H157NO13. The molecule has 588 valence electrons. The number of aliphatic hydroxyl groups is 8. The van der Waals surface area contributed by atoms with Crippen molar-refractivity contribution in [1.29, 1.82) is 0 Å². The van der Waals surface area contributed by atoms with Gasteiger partial charge in [-0.15, -0.1) is 0 Å². The summed E-state index contributed by atoms with van der Waals surface area (Å²) in [7, 11) is 0. The summed E-state index contributed by atoms with van der Waals surface area (Å²) in [4.78, 5) is 13.4. The Balaban J connectivity index is 1.58. The molecule has 2 saturated heterocycles. The van der Waals surface area contributed by atoms with Crippen LogP contribution in [-0.4, -0.2) is 140 Å². The van der Waals surface area contributed by atoms with E-state index in [1.165, 1.54) is 244 Å². The number of rotatable bonds is 71. The largest absolute Gasteiger partial charge is 0.394 e.